The van der Waals surface area contributed by atoms with Crippen LogP contribution in [0.1, 0.15) is 39.5 Å². The van der Waals surface area contributed by atoms with Crippen LogP contribution in [-0.2, 0) is 10.0 Å². The van der Waals surface area contributed by atoms with Crippen LogP contribution in [-0.4, -0.2) is 53.2 Å². The highest BCUT2D eigenvalue weighted by molar-refractivity contribution is 7.90. The SMILES string of the molecule is CC(C)Oc1cncc(NC2CCN(S(=O)(=O)C3CC3)CC2)n1. The highest BCUT2D eigenvalue weighted by atomic mass is 32.2. The van der Waals surface area contributed by atoms with E-state index >= 15 is 0 Å². The molecule has 1 aliphatic carbocycles. The number of anilines is 1. The van der Waals surface area contributed by atoms with Crippen LogP contribution in [0.15, 0.2) is 12.4 Å². The van der Waals surface area contributed by atoms with Crippen LogP contribution >= 0.6 is 0 Å². The Kier molecular flexibility index (Phi) is 4.72. The molecule has 1 saturated heterocycles. The fourth-order valence-corrected chi connectivity index (χ4v) is 4.63. The van der Waals surface area contributed by atoms with Gasteiger partial charge in [-0.1, -0.05) is 0 Å². The van der Waals surface area contributed by atoms with Crippen molar-refractivity contribution in [1.82, 2.24) is 14.3 Å². The van der Waals surface area contributed by atoms with E-state index in [0.29, 0.717) is 24.8 Å². The van der Waals surface area contributed by atoms with Gasteiger partial charge in [0, 0.05) is 19.1 Å². The lowest BCUT2D eigenvalue weighted by molar-refractivity contribution is 0.232. The number of nitrogens with one attached hydrogen (secondary N) is 1. The zero-order valence-corrected chi connectivity index (χ0v) is 14.4. The minimum absolute atomic E-state index is 0.0513. The van der Waals surface area contributed by atoms with E-state index in [1.807, 2.05) is 13.8 Å². The molecule has 1 aliphatic heterocycles. The van der Waals surface area contributed by atoms with Crippen molar-refractivity contribution in [3.8, 4) is 5.88 Å². The predicted molar refractivity (Wildman–Crippen MR) is 88.0 cm³/mol. The molecule has 0 spiro atoms. The summed E-state index contributed by atoms with van der Waals surface area (Å²) in [7, 11) is -3.05. The Morgan fingerprint density at radius 3 is 2.52 bits per heavy atom. The van der Waals surface area contributed by atoms with Gasteiger partial charge >= 0.3 is 0 Å². The third-order valence-electron chi connectivity index (χ3n) is 4.08. The molecule has 1 N–H and O–H groups in total. The van der Waals surface area contributed by atoms with Crippen molar-refractivity contribution in [3.05, 3.63) is 12.4 Å². The van der Waals surface area contributed by atoms with Gasteiger partial charge in [0.25, 0.3) is 0 Å². The van der Waals surface area contributed by atoms with Gasteiger partial charge in [-0.05, 0) is 39.5 Å². The number of hydrogen-bond donors (Lipinski definition) is 1. The van der Waals surface area contributed by atoms with Gasteiger partial charge in [-0.2, -0.15) is 4.98 Å². The molecule has 2 aliphatic rings. The maximum absolute atomic E-state index is 12.2. The number of hydrogen-bond acceptors (Lipinski definition) is 6. The molecule has 1 aromatic rings. The average Bonchev–Trinajstić information content (AvgIpc) is 3.32. The fourth-order valence-electron chi connectivity index (χ4n) is 2.76. The largest absolute Gasteiger partial charge is 0.474 e. The Hall–Kier alpha value is -1.41. The van der Waals surface area contributed by atoms with Gasteiger partial charge in [0.2, 0.25) is 15.9 Å². The van der Waals surface area contributed by atoms with Gasteiger partial charge in [-0.3, -0.25) is 4.98 Å². The van der Waals surface area contributed by atoms with E-state index in [1.165, 1.54) is 0 Å². The Balaban J connectivity index is 1.54. The molecule has 7 nitrogen and oxygen atoms in total. The number of nitrogens with zero attached hydrogens (tertiary/aromatic N) is 3. The molecule has 2 fully saturated rings. The summed E-state index contributed by atoms with van der Waals surface area (Å²) < 4.78 is 31.6. The second-order valence-corrected chi connectivity index (χ2v) is 8.68. The van der Waals surface area contributed by atoms with E-state index in [1.54, 1.807) is 16.7 Å². The summed E-state index contributed by atoms with van der Waals surface area (Å²) >= 11 is 0. The van der Waals surface area contributed by atoms with Crippen molar-refractivity contribution in [2.24, 2.45) is 0 Å². The molecule has 128 valence electrons. The summed E-state index contributed by atoms with van der Waals surface area (Å²) in [5.41, 5.74) is 0. The predicted octanol–water partition coefficient (Wildman–Crippen LogP) is 1.63. The summed E-state index contributed by atoms with van der Waals surface area (Å²) in [5.74, 6) is 1.17. The molecule has 23 heavy (non-hydrogen) atoms. The van der Waals surface area contributed by atoms with E-state index in [2.05, 4.69) is 15.3 Å². The van der Waals surface area contributed by atoms with E-state index in [0.717, 1.165) is 25.7 Å². The second-order valence-electron chi connectivity index (χ2n) is 6.47. The second kappa shape index (κ2) is 6.60. The first-order valence-electron chi connectivity index (χ1n) is 8.19. The molecule has 1 saturated carbocycles. The van der Waals surface area contributed by atoms with Crippen LogP contribution in [0.3, 0.4) is 0 Å². The average molecular weight is 340 g/mol. The van der Waals surface area contributed by atoms with Crippen molar-refractivity contribution < 1.29 is 13.2 Å². The summed E-state index contributed by atoms with van der Waals surface area (Å²) in [6.07, 6.45) is 6.51. The molecule has 0 bridgehead atoms. The maximum atomic E-state index is 12.2. The van der Waals surface area contributed by atoms with Crippen molar-refractivity contribution >= 4 is 15.8 Å². The smallest absolute Gasteiger partial charge is 0.234 e. The number of ether oxygens (including phenoxy) is 1. The highest BCUT2D eigenvalue weighted by Crippen LogP contribution is 2.32. The van der Waals surface area contributed by atoms with Crippen molar-refractivity contribution in [3.63, 3.8) is 0 Å². The molecule has 3 rings (SSSR count). The first-order valence-corrected chi connectivity index (χ1v) is 9.69. The Bertz CT molecular complexity index is 638. The van der Waals surface area contributed by atoms with Crippen LogP contribution in [0.5, 0.6) is 5.88 Å². The Morgan fingerprint density at radius 1 is 1.22 bits per heavy atom. The molecule has 0 aromatic carbocycles. The van der Waals surface area contributed by atoms with E-state index < -0.39 is 10.0 Å². The van der Waals surface area contributed by atoms with Crippen molar-refractivity contribution in [1.29, 1.82) is 0 Å². The van der Waals surface area contributed by atoms with E-state index in [-0.39, 0.29) is 17.4 Å². The summed E-state index contributed by atoms with van der Waals surface area (Å²) in [6.45, 7) is 5.04. The summed E-state index contributed by atoms with van der Waals surface area (Å²) in [6, 6.07) is 0.212. The van der Waals surface area contributed by atoms with E-state index in [9.17, 15) is 8.42 Å². The quantitative estimate of drug-likeness (QED) is 0.847. The maximum Gasteiger partial charge on any atom is 0.234 e. The lowest BCUT2D eigenvalue weighted by Gasteiger charge is -2.31. The first-order chi connectivity index (χ1) is 10.9. The lowest BCUT2D eigenvalue weighted by Crippen LogP contribution is -2.43. The van der Waals surface area contributed by atoms with E-state index in [4.69, 9.17) is 4.74 Å². The summed E-state index contributed by atoms with van der Waals surface area (Å²) in [5, 5.41) is 3.21. The Morgan fingerprint density at radius 2 is 1.91 bits per heavy atom. The molecule has 2 heterocycles. The molecule has 8 heteroatoms. The molecule has 1 aromatic heterocycles. The normalized spacial score (nSPS) is 20.7. The van der Waals surface area contributed by atoms with Gasteiger partial charge in [0.1, 0.15) is 5.82 Å². The molecular formula is C15H24N4O3S. The van der Waals surface area contributed by atoms with Gasteiger partial charge in [0.15, 0.2) is 0 Å². The molecule has 0 radical (unpaired) electrons. The molecule has 0 atom stereocenters. The third kappa shape index (κ3) is 4.11. The van der Waals surface area contributed by atoms with Gasteiger partial charge in [-0.15, -0.1) is 0 Å². The lowest BCUT2D eigenvalue weighted by atomic mass is 10.1. The van der Waals surface area contributed by atoms with Crippen LogP contribution in [0.2, 0.25) is 0 Å². The highest BCUT2D eigenvalue weighted by Gasteiger charge is 2.41. The van der Waals surface area contributed by atoms with Gasteiger partial charge < -0.3 is 10.1 Å². The minimum Gasteiger partial charge on any atom is -0.474 e. The first kappa shape index (κ1) is 16.4. The number of sulfonamides is 1. The third-order valence-corrected chi connectivity index (χ3v) is 6.48. The Labute approximate surface area is 137 Å². The number of piperidine rings is 1. The zero-order chi connectivity index (χ0) is 16.4. The molecule has 0 unspecified atom stereocenters. The fraction of sp³-hybridized carbons (Fsp3) is 0.733. The minimum atomic E-state index is -3.05. The van der Waals surface area contributed by atoms with Crippen LogP contribution in [0, 0.1) is 0 Å². The topological polar surface area (TPSA) is 84.4 Å². The monoisotopic (exact) mass is 340 g/mol. The van der Waals surface area contributed by atoms with Gasteiger partial charge in [-0.25, -0.2) is 12.7 Å². The molecular weight excluding hydrogens is 316 g/mol. The zero-order valence-electron chi connectivity index (χ0n) is 13.6. The van der Waals surface area contributed by atoms with Gasteiger partial charge in [0.05, 0.1) is 23.7 Å². The van der Waals surface area contributed by atoms with Crippen LogP contribution < -0.4 is 10.1 Å². The number of rotatable bonds is 6. The number of aromatic nitrogens is 2. The van der Waals surface area contributed by atoms with Crippen molar-refractivity contribution in [2.75, 3.05) is 18.4 Å². The van der Waals surface area contributed by atoms with Crippen LogP contribution in [0.4, 0.5) is 5.82 Å². The molecule has 0 amide bonds. The summed E-state index contributed by atoms with van der Waals surface area (Å²) in [4.78, 5) is 8.52. The standard InChI is InChI=1S/C15H24N4O3S/c1-11(2)22-15-10-16-9-14(18-15)17-12-5-7-19(8-6-12)23(20,21)13-3-4-13/h9-13H,3-8H2,1-2H3,(H,17,18). The van der Waals surface area contributed by atoms with Crippen LogP contribution in [0.25, 0.3) is 0 Å². The van der Waals surface area contributed by atoms with Crippen molar-refractivity contribution in [2.45, 2.75) is 56.9 Å².